The molecule has 1 aromatic carbocycles. The van der Waals surface area contributed by atoms with E-state index < -0.39 is 32.4 Å². The Hall–Kier alpha value is -0.803. The number of hydroxylamine groups is 1. The zero-order valence-electron chi connectivity index (χ0n) is 18.1. The Morgan fingerprint density at radius 3 is 2.32 bits per heavy atom. The second kappa shape index (κ2) is 7.79. The lowest BCUT2D eigenvalue weighted by atomic mass is 10.2. The van der Waals surface area contributed by atoms with Crippen LogP contribution in [0.25, 0.3) is 0 Å². The van der Waals surface area contributed by atoms with Crippen LogP contribution < -0.4 is 5.48 Å². The lowest BCUT2D eigenvalue weighted by molar-refractivity contribution is -0.182. The van der Waals surface area contributed by atoms with E-state index in [4.69, 9.17) is 18.7 Å². The standard InChI is InChI=1S/C21H35NO5Si/c1-20(2,3)28(6,7)27-17-15(22-24-13-14-11-9-8-10-12-14)16(23)18-19(17)26-21(4,5)25-18/h8-12,15-19,22-23H,13H2,1-7H3/t15-,16-,17+,18+,19-/m0/s1. The smallest absolute Gasteiger partial charge is 0.192 e. The van der Waals surface area contributed by atoms with E-state index in [1.54, 1.807) is 0 Å². The normalized spacial score (nSPS) is 32.5. The first-order chi connectivity index (χ1) is 12.9. The number of hydrogen-bond acceptors (Lipinski definition) is 6. The van der Waals surface area contributed by atoms with Gasteiger partial charge in [-0.3, -0.25) is 4.84 Å². The van der Waals surface area contributed by atoms with Gasteiger partial charge in [-0.15, -0.1) is 0 Å². The van der Waals surface area contributed by atoms with Crippen LogP contribution in [0.3, 0.4) is 0 Å². The van der Waals surface area contributed by atoms with E-state index in [2.05, 4.69) is 39.3 Å². The number of hydrogen-bond donors (Lipinski definition) is 2. The summed E-state index contributed by atoms with van der Waals surface area (Å²) in [6, 6.07) is 9.49. The molecule has 0 bridgehead atoms. The summed E-state index contributed by atoms with van der Waals surface area (Å²) in [6.45, 7) is 15.2. The van der Waals surface area contributed by atoms with Gasteiger partial charge in [0.15, 0.2) is 14.1 Å². The maximum Gasteiger partial charge on any atom is 0.192 e. The third kappa shape index (κ3) is 4.51. The Morgan fingerprint density at radius 1 is 1.11 bits per heavy atom. The molecule has 0 amide bonds. The highest BCUT2D eigenvalue weighted by atomic mass is 28.4. The van der Waals surface area contributed by atoms with E-state index in [-0.39, 0.29) is 17.2 Å². The topological polar surface area (TPSA) is 69.2 Å². The summed E-state index contributed by atoms with van der Waals surface area (Å²) in [7, 11) is -2.09. The molecule has 2 N–H and O–H groups in total. The minimum absolute atomic E-state index is 0.0421. The second-order valence-electron chi connectivity index (χ2n) is 9.82. The molecule has 6 nitrogen and oxygen atoms in total. The molecule has 0 radical (unpaired) electrons. The molecular formula is C21H35NO5Si. The summed E-state index contributed by atoms with van der Waals surface area (Å²) in [4.78, 5) is 5.74. The van der Waals surface area contributed by atoms with E-state index in [0.29, 0.717) is 6.61 Å². The molecule has 0 unspecified atom stereocenters. The molecule has 2 fully saturated rings. The fourth-order valence-electron chi connectivity index (χ4n) is 3.53. The van der Waals surface area contributed by atoms with Crippen molar-refractivity contribution in [2.45, 2.75) is 95.6 Å². The van der Waals surface area contributed by atoms with Crippen LogP contribution in [0, 0.1) is 0 Å². The maximum atomic E-state index is 10.9. The Balaban J connectivity index is 1.74. The fourth-order valence-corrected chi connectivity index (χ4v) is 4.84. The van der Waals surface area contributed by atoms with Crippen molar-refractivity contribution in [2.24, 2.45) is 0 Å². The van der Waals surface area contributed by atoms with Gasteiger partial charge in [-0.25, -0.2) is 0 Å². The highest BCUT2D eigenvalue weighted by Gasteiger charge is 2.61. The van der Waals surface area contributed by atoms with Crippen molar-refractivity contribution in [1.82, 2.24) is 5.48 Å². The Kier molecular flexibility index (Phi) is 6.09. The molecule has 1 heterocycles. The van der Waals surface area contributed by atoms with Gasteiger partial charge in [0.05, 0.1) is 18.8 Å². The molecule has 0 aromatic heterocycles. The van der Waals surface area contributed by atoms with Crippen molar-refractivity contribution in [1.29, 1.82) is 0 Å². The van der Waals surface area contributed by atoms with Gasteiger partial charge < -0.3 is 19.0 Å². The predicted molar refractivity (Wildman–Crippen MR) is 110 cm³/mol. The average molecular weight is 410 g/mol. The third-order valence-corrected chi connectivity index (χ3v) is 10.6. The zero-order valence-corrected chi connectivity index (χ0v) is 19.1. The minimum atomic E-state index is -2.09. The summed E-state index contributed by atoms with van der Waals surface area (Å²) in [5.74, 6) is -0.735. The number of nitrogens with one attached hydrogen (secondary N) is 1. The molecular weight excluding hydrogens is 374 g/mol. The quantitative estimate of drug-likeness (QED) is 0.555. The molecule has 0 spiro atoms. The van der Waals surface area contributed by atoms with Crippen LogP contribution in [0.15, 0.2) is 30.3 Å². The molecule has 7 heteroatoms. The molecule has 5 atom stereocenters. The first-order valence-electron chi connectivity index (χ1n) is 10.0. The number of aliphatic hydroxyl groups excluding tert-OH is 1. The highest BCUT2D eigenvalue weighted by Crippen LogP contribution is 2.44. The Labute approximate surface area is 169 Å². The van der Waals surface area contributed by atoms with Gasteiger partial charge in [0.1, 0.15) is 18.3 Å². The summed E-state index contributed by atoms with van der Waals surface area (Å²) in [6.07, 6.45) is -1.91. The van der Waals surface area contributed by atoms with Crippen molar-refractivity contribution >= 4 is 8.32 Å². The van der Waals surface area contributed by atoms with Crippen molar-refractivity contribution in [2.75, 3.05) is 0 Å². The van der Waals surface area contributed by atoms with Gasteiger partial charge >= 0.3 is 0 Å². The van der Waals surface area contributed by atoms with Crippen LogP contribution in [0.1, 0.15) is 40.2 Å². The van der Waals surface area contributed by atoms with E-state index in [9.17, 15) is 5.11 Å². The highest BCUT2D eigenvalue weighted by molar-refractivity contribution is 6.74. The summed E-state index contributed by atoms with van der Waals surface area (Å²) in [5.41, 5.74) is 4.10. The van der Waals surface area contributed by atoms with E-state index in [1.807, 2.05) is 44.2 Å². The van der Waals surface area contributed by atoms with E-state index in [1.165, 1.54) is 0 Å². The SMILES string of the molecule is CC1(C)O[C@@H]2[C@H](O1)[C@@H](O)[C@H](NOCc1ccccc1)[C@H]2O[Si](C)(C)C(C)(C)C. The molecule has 1 aliphatic carbocycles. The first kappa shape index (κ1) is 21.9. The number of benzene rings is 1. The Bertz CT molecular complexity index is 661. The molecule has 1 aliphatic heterocycles. The van der Waals surface area contributed by atoms with Crippen LogP contribution in [-0.4, -0.2) is 49.7 Å². The average Bonchev–Trinajstić information content (AvgIpc) is 3.01. The summed E-state index contributed by atoms with van der Waals surface area (Å²) < 4.78 is 18.8. The van der Waals surface area contributed by atoms with Gasteiger partial charge in [0.2, 0.25) is 0 Å². The van der Waals surface area contributed by atoms with Crippen molar-refractivity contribution in [3.8, 4) is 0 Å². The lowest BCUT2D eigenvalue weighted by Gasteiger charge is -2.41. The van der Waals surface area contributed by atoms with E-state index in [0.717, 1.165) is 5.56 Å². The van der Waals surface area contributed by atoms with Gasteiger partial charge in [0, 0.05) is 0 Å². The number of rotatable bonds is 6. The number of aliphatic hydroxyl groups is 1. The van der Waals surface area contributed by atoms with Crippen LogP contribution in [0.2, 0.25) is 18.1 Å². The molecule has 28 heavy (non-hydrogen) atoms. The van der Waals surface area contributed by atoms with Crippen LogP contribution in [0.4, 0.5) is 0 Å². The van der Waals surface area contributed by atoms with Gasteiger partial charge in [0.25, 0.3) is 0 Å². The summed E-state index contributed by atoms with van der Waals surface area (Å²) in [5, 5.41) is 11.0. The monoisotopic (exact) mass is 409 g/mol. The Morgan fingerprint density at radius 2 is 1.71 bits per heavy atom. The van der Waals surface area contributed by atoms with Gasteiger partial charge in [-0.2, -0.15) is 5.48 Å². The summed E-state index contributed by atoms with van der Waals surface area (Å²) >= 11 is 0. The molecule has 2 aliphatic rings. The molecule has 1 saturated carbocycles. The second-order valence-corrected chi connectivity index (χ2v) is 14.6. The minimum Gasteiger partial charge on any atom is -0.409 e. The number of fused-ring (bicyclic) bond motifs is 1. The number of ether oxygens (including phenoxy) is 2. The zero-order chi connectivity index (χ0) is 20.7. The van der Waals surface area contributed by atoms with Crippen molar-refractivity contribution < 1.29 is 23.8 Å². The third-order valence-electron chi connectivity index (χ3n) is 6.08. The van der Waals surface area contributed by atoms with Gasteiger partial charge in [-0.05, 0) is 37.5 Å². The lowest BCUT2D eigenvalue weighted by Crippen LogP contribution is -2.54. The maximum absolute atomic E-state index is 10.9. The van der Waals surface area contributed by atoms with Crippen LogP contribution in [0.5, 0.6) is 0 Å². The van der Waals surface area contributed by atoms with Crippen molar-refractivity contribution in [3.05, 3.63) is 35.9 Å². The van der Waals surface area contributed by atoms with E-state index >= 15 is 0 Å². The fraction of sp³-hybridized carbons (Fsp3) is 0.714. The molecule has 3 rings (SSSR count). The van der Waals surface area contributed by atoms with Crippen LogP contribution in [-0.2, 0) is 25.3 Å². The van der Waals surface area contributed by atoms with Gasteiger partial charge in [-0.1, -0.05) is 51.1 Å². The van der Waals surface area contributed by atoms with Crippen molar-refractivity contribution in [3.63, 3.8) is 0 Å². The van der Waals surface area contributed by atoms with Crippen LogP contribution >= 0.6 is 0 Å². The molecule has 1 saturated heterocycles. The first-order valence-corrected chi connectivity index (χ1v) is 12.9. The molecule has 1 aromatic rings. The largest absolute Gasteiger partial charge is 0.409 e. The predicted octanol–water partition coefficient (Wildman–Crippen LogP) is 3.36. The molecule has 158 valence electrons.